The Kier molecular flexibility index (Phi) is 5.75. The SMILES string of the molecule is CC(=O)c1ccc(N2CCN(C(=O)Cn3nnc(-c4ccc(C)cc4)n3)CC2)c(F)c1. The van der Waals surface area contributed by atoms with E-state index in [-0.39, 0.29) is 18.2 Å². The van der Waals surface area contributed by atoms with E-state index in [1.165, 1.54) is 17.8 Å². The summed E-state index contributed by atoms with van der Waals surface area (Å²) in [5.74, 6) is -0.238. The van der Waals surface area contributed by atoms with E-state index >= 15 is 0 Å². The quantitative estimate of drug-likeness (QED) is 0.587. The number of rotatable bonds is 5. The van der Waals surface area contributed by atoms with Crippen LogP contribution in [0.15, 0.2) is 42.5 Å². The van der Waals surface area contributed by atoms with Crippen LogP contribution >= 0.6 is 0 Å². The number of hydrogen-bond donors (Lipinski definition) is 0. The number of nitrogens with zero attached hydrogens (tertiary/aromatic N) is 6. The van der Waals surface area contributed by atoms with Crippen molar-refractivity contribution in [3.8, 4) is 11.4 Å². The number of ketones is 1. The van der Waals surface area contributed by atoms with Gasteiger partial charge in [0.25, 0.3) is 0 Å². The first kappa shape index (κ1) is 20.6. The lowest BCUT2D eigenvalue weighted by Crippen LogP contribution is -2.50. The van der Waals surface area contributed by atoms with Gasteiger partial charge in [0.1, 0.15) is 12.4 Å². The molecule has 0 bridgehead atoms. The average Bonchev–Trinajstić information content (AvgIpc) is 3.22. The maximum Gasteiger partial charge on any atom is 0.246 e. The van der Waals surface area contributed by atoms with Crippen molar-refractivity contribution in [1.29, 1.82) is 0 Å². The van der Waals surface area contributed by atoms with E-state index < -0.39 is 5.82 Å². The van der Waals surface area contributed by atoms with Gasteiger partial charge in [-0.25, -0.2) is 4.39 Å². The van der Waals surface area contributed by atoms with E-state index in [0.29, 0.717) is 43.3 Å². The minimum atomic E-state index is -0.428. The van der Waals surface area contributed by atoms with Crippen LogP contribution in [-0.2, 0) is 11.3 Å². The maximum atomic E-state index is 14.4. The summed E-state index contributed by atoms with van der Waals surface area (Å²) in [6.07, 6.45) is 0. The molecule has 1 aromatic heterocycles. The molecule has 2 heterocycles. The van der Waals surface area contributed by atoms with Gasteiger partial charge < -0.3 is 9.80 Å². The van der Waals surface area contributed by atoms with Gasteiger partial charge in [0, 0.05) is 37.3 Å². The zero-order chi connectivity index (χ0) is 22.0. The van der Waals surface area contributed by atoms with Crippen LogP contribution in [0.5, 0.6) is 0 Å². The van der Waals surface area contributed by atoms with E-state index in [1.807, 2.05) is 36.1 Å². The van der Waals surface area contributed by atoms with Gasteiger partial charge in [-0.15, -0.1) is 10.2 Å². The van der Waals surface area contributed by atoms with Crippen molar-refractivity contribution < 1.29 is 14.0 Å². The molecule has 2 aromatic carbocycles. The van der Waals surface area contributed by atoms with E-state index in [2.05, 4.69) is 15.4 Å². The number of hydrogen-bond acceptors (Lipinski definition) is 6. The third-order valence-corrected chi connectivity index (χ3v) is 5.37. The molecule has 0 unspecified atom stereocenters. The Balaban J connectivity index is 1.35. The Labute approximate surface area is 179 Å². The fourth-order valence-electron chi connectivity index (χ4n) is 3.53. The highest BCUT2D eigenvalue weighted by molar-refractivity contribution is 5.94. The molecule has 1 aliphatic rings. The number of halogens is 1. The van der Waals surface area contributed by atoms with Crippen LogP contribution in [-0.4, -0.2) is 63.0 Å². The van der Waals surface area contributed by atoms with Crippen LogP contribution in [0.4, 0.5) is 10.1 Å². The molecule has 160 valence electrons. The topological polar surface area (TPSA) is 84.2 Å². The number of anilines is 1. The second-order valence-electron chi connectivity index (χ2n) is 7.60. The van der Waals surface area contributed by atoms with Crippen molar-refractivity contribution in [2.45, 2.75) is 20.4 Å². The van der Waals surface area contributed by atoms with Gasteiger partial charge in [-0.3, -0.25) is 9.59 Å². The molecule has 1 aliphatic heterocycles. The Hall–Kier alpha value is -3.62. The number of aryl methyl sites for hydroxylation is 1. The van der Waals surface area contributed by atoms with E-state index in [1.54, 1.807) is 17.0 Å². The maximum absolute atomic E-state index is 14.4. The zero-order valence-corrected chi connectivity index (χ0v) is 17.5. The van der Waals surface area contributed by atoms with Gasteiger partial charge in [-0.2, -0.15) is 4.80 Å². The molecule has 3 aromatic rings. The monoisotopic (exact) mass is 422 g/mol. The van der Waals surface area contributed by atoms with Gasteiger partial charge >= 0.3 is 0 Å². The average molecular weight is 422 g/mol. The number of Topliss-reactive ketones (excluding diaryl/α,β-unsaturated/α-hetero) is 1. The Bertz CT molecular complexity index is 1100. The highest BCUT2D eigenvalue weighted by Crippen LogP contribution is 2.22. The number of piperazine rings is 1. The van der Waals surface area contributed by atoms with Crippen molar-refractivity contribution in [3.63, 3.8) is 0 Å². The molecule has 0 N–H and O–H groups in total. The molecule has 1 fully saturated rings. The van der Waals surface area contributed by atoms with E-state index in [0.717, 1.165) is 11.1 Å². The summed E-state index contributed by atoms with van der Waals surface area (Å²) in [7, 11) is 0. The summed E-state index contributed by atoms with van der Waals surface area (Å²) < 4.78 is 14.4. The molecule has 0 aliphatic carbocycles. The zero-order valence-electron chi connectivity index (χ0n) is 17.5. The highest BCUT2D eigenvalue weighted by atomic mass is 19.1. The lowest BCUT2D eigenvalue weighted by Gasteiger charge is -2.36. The molecule has 0 spiro atoms. The summed E-state index contributed by atoms with van der Waals surface area (Å²) in [5.41, 5.74) is 2.77. The van der Waals surface area contributed by atoms with Crippen LogP contribution in [0.3, 0.4) is 0 Å². The highest BCUT2D eigenvalue weighted by Gasteiger charge is 2.24. The molecule has 0 atom stereocenters. The van der Waals surface area contributed by atoms with Crippen molar-refractivity contribution in [1.82, 2.24) is 25.1 Å². The van der Waals surface area contributed by atoms with Gasteiger partial charge in [-0.05, 0) is 37.3 Å². The van der Waals surface area contributed by atoms with Gasteiger partial charge in [0.15, 0.2) is 5.78 Å². The van der Waals surface area contributed by atoms with E-state index in [4.69, 9.17) is 0 Å². The lowest BCUT2D eigenvalue weighted by atomic mass is 10.1. The van der Waals surface area contributed by atoms with Crippen molar-refractivity contribution >= 4 is 17.4 Å². The second kappa shape index (κ2) is 8.63. The lowest BCUT2D eigenvalue weighted by molar-refractivity contribution is -0.132. The van der Waals surface area contributed by atoms with Gasteiger partial charge in [0.05, 0.1) is 5.69 Å². The number of carbonyl (C=O) groups excluding carboxylic acids is 2. The van der Waals surface area contributed by atoms with Crippen LogP contribution in [0.25, 0.3) is 11.4 Å². The largest absolute Gasteiger partial charge is 0.366 e. The first-order chi connectivity index (χ1) is 14.9. The standard InChI is InChI=1S/C22H23FN6O2/c1-15-3-5-17(6-4-15)22-24-26-29(25-22)14-21(31)28-11-9-27(10-12-28)20-8-7-18(16(2)30)13-19(20)23/h3-8,13H,9-12,14H2,1-2H3. The number of aromatic nitrogens is 4. The third kappa shape index (κ3) is 4.60. The Morgan fingerprint density at radius 2 is 1.74 bits per heavy atom. The molecule has 9 heteroatoms. The number of benzene rings is 2. The van der Waals surface area contributed by atoms with Crippen molar-refractivity contribution in [2.24, 2.45) is 0 Å². The predicted octanol–water partition coefficient (Wildman–Crippen LogP) is 2.34. The van der Waals surface area contributed by atoms with Gasteiger partial charge in [0.2, 0.25) is 11.7 Å². The summed E-state index contributed by atoms with van der Waals surface area (Å²) in [4.78, 5) is 29.0. The fraction of sp³-hybridized carbons (Fsp3) is 0.318. The predicted molar refractivity (Wildman–Crippen MR) is 113 cm³/mol. The third-order valence-electron chi connectivity index (χ3n) is 5.37. The summed E-state index contributed by atoms with van der Waals surface area (Å²) in [6, 6.07) is 12.3. The van der Waals surface area contributed by atoms with Crippen LogP contribution in [0, 0.1) is 12.7 Å². The summed E-state index contributed by atoms with van der Waals surface area (Å²) in [6.45, 7) is 5.34. The molecule has 1 saturated heterocycles. The Morgan fingerprint density at radius 3 is 2.39 bits per heavy atom. The van der Waals surface area contributed by atoms with Crippen molar-refractivity contribution in [3.05, 3.63) is 59.4 Å². The summed E-state index contributed by atoms with van der Waals surface area (Å²) in [5, 5.41) is 12.3. The molecule has 0 saturated carbocycles. The molecule has 31 heavy (non-hydrogen) atoms. The first-order valence-electron chi connectivity index (χ1n) is 10.1. The minimum absolute atomic E-state index is 0.000527. The van der Waals surface area contributed by atoms with Crippen LogP contribution < -0.4 is 4.90 Å². The van der Waals surface area contributed by atoms with Crippen molar-refractivity contribution in [2.75, 3.05) is 31.1 Å². The first-order valence-corrected chi connectivity index (χ1v) is 10.1. The Morgan fingerprint density at radius 1 is 1.03 bits per heavy atom. The normalized spacial score (nSPS) is 14.0. The van der Waals surface area contributed by atoms with Gasteiger partial charge in [-0.1, -0.05) is 29.8 Å². The smallest absolute Gasteiger partial charge is 0.246 e. The fourth-order valence-corrected chi connectivity index (χ4v) is 3.53. The molecule has 1 amide bonds. The molecular weight excluding hydrogens is 399 g/mol. The number of tetrazole rings is 1. The van der Waals surface area contributed by atoms with Crippen LogP contribution in [0.1, 0.15) is 22.8 Å². The molecule has 0 radical (unpaired) electrons. The number of carbonyl (C=O) groups is 2. The van der Waals surface area contributed by atoms with Crippen LogP contribution in [0.2, 0.25) is 0 Å². The minimum Gasteiger partial charge on any atom is -0.366 e. The molecule has 4 rings (SSSR count). The molecular formula is C22H23FN6O2. The summed E-state index contributed by atoms with van der Waals surface area (Å²) >= 11 is 0. The number of amides is 1. The molecule has 8 nitrogen and oxygen atoms in total. The second-order valence-corrected chi connectivity index (χ2v) is 7.60. The van der Waals surface area contributed by atoms with E-state index in [9.17, 15) is 14.0 Å².